The monoisotopic (exact) mass is 306 g/mol. The molecule has 1 aliphatic rings. The van der Waals surface area contributed by atoms with Crippen LogP contribution in [-0.4, -0.2) is 49.3 Å². The van der Waals surface area contributed by atoms with Crippen molar-refractivity contribution in [2.75, 3.05) is 30.4 Å². The molecular formula is C15H22N4O3. The van der Waals surface area contributed by atoms with Crippen molar-refractivity contribution in [1.29, 1.82) is 0 Å². The number of benzene rings is 1. The zero-order chi connectivity index (χ0) is 16.1. The van der Waals surface area contributed by atoms with Gasteiger partial charge in [-0.25, -0.2) is 4.79 Å². The summed E-state index contributed by atoms with van der Waals surface area (Å²) in [5.74, 6) is -0.0852. The largest absolute Gasteiger partial charge is 0.391 e. The lowest BCUT2D eigenvalue weighted by Gasteiger charge is -2.29. The van der Waals surface area contributed by atoms with Crippen LogP contribution in [0.5, 0.6) is 0 Å². The van der Waals surface area contributed by atoms with Gasteiger partial charge in [0.2, 0.25) is 5.91 Å². The van der Waals surface area contributed by atoms with E-state index in [0.717, 1.165) is 6.54 Å². The Balaban J connectivity index is 1.96. The summed E-state index contributed by atoms with van der Waals surface area (Å²) in [7, 11) is 1.67. The molecule has 1 aromatic rings. The van der Waals surface area contributed by atoms with Gasteiger partial charge in [0, 0.05) is 31.9 Å². The summed E-state index contributed by atoms with van der Waals surface area (Å²) in [6.07, 6.45) is 0.0753. The molecule has 7 heteroatoms. The lowest BCUT2D eigenvalue weighted by Crippen LogP contribution is -2.54. The zero-order valence-corrected chi connectivity index (χ0v) is 12.8. The first kappa shape index (κ1) is 16.3. The van der Waals surface area contributed by atoms with E-state index in [9.17, 15) is 14.7 Å². The minimum absolute atomic E-state index is 0.0852. The number of anilines is 2. The summed E-state index contributed by atoms with van der Waals surface area (Å²) < 4.78 is 0. The third-order valence-electron chi connectivity index (χ3n) is 3.73. The smallest absolute Gasteiger partial charge is 0.319 e. The molecule has 0 aliphatic carbocycles. The van der Waals surface area contributed by atoms with Gasteiger partial charge < -0.3 is 26.0 Å². The van der Waals surface area contributed by atoms with E-state index in [4.69, 9.17) is 0 Å². The zero-order valence-electron chi connectivity index (χ0n) is 12.8. The second-order valence-electron chi connectivity index (χ2n) is 5.39. The normalized spacial score (nSPS) is 21.0. The van der Waals surface area contributed by atoms with E-state index in [1.807, 2.05) is 0 Å². The molecule has 0 spiro atoms. The molecule has 0 bridgehead atoms. The Labute approximate surface area is 129 Å². The van der Waals surface area contributed by atoms with Crippen LogP contribution in [-0.2, 0) is 4.79 Å². The molecule has 0 saturated carbocycles. The average Bonchev–Trinajstić information content (AvgIpc) is 2.49. The quantitative estimate of drug-likeness (QED) is 0.655. The number of piperidine rings is 1. The topological polar surface area (TPSA) is 93.7 Å². The van der Waals surface area contributed by atoms with Crippen molar-refractivity contribution in [3.8, 4) is 0 Å². The van der Waals surface area contributed by atoms with Gasteiger partial charge in [0.25, 0.3) is 0 Å². The minimum atomic E-state index is -0.540. The van der Waals surface area contributed by atoms with Gasteiger partial charge in [-0.3, -0.25) is 4.79 Å². The summed E-state index contributed by atoms with van der Waals surface area (Å²) in [6.45, 7) is 2.77. The number of aliphatic hydroxyl groups is 1. The molecule has 1 aliphatic heterocycles. The number of rotatable bonds is 3. The first-order chi connectivity index (χ1) is 10.5. The number of amides is 3. The number of carbonyl (C=O) groups is 2. The summed E-state index contributed by atoms with van der Waals surface area (Å²) in [6, 6.07) is 6.33. The number of urea groups is 1. The molecule has 0 radical (unpaired) electrons. The molecule has 1 saturated heterocycles. The van der Waals surface area contributed by atoms with E-state index in [-0.39, 0.29) is 18.0 Å². The average molecular weight is 306 g/mol. The number of aliphatic hydroxyl groups excluding tert-OH is 1. The van der Waals surface area contributed by atoms with Crippen molar-refractivity contribution in [2.24, 2.45) is 0 Å². The second-order valence-corrected chi connectivity index (χ2v) is 5.39. The fourth-order valence-corrected chi connectivity index (χ4v) is 2.30. The second kappa shape index (κ2) is 7.24. The summed E-state index contributed by atoms with van der Waals surface area (Å²) in [5, 5.41) is 18.4. The lowest BCUT2D eigenvalue weighted by atomic mass is 10.0. The van der Waals surface area contributed by atoms with Crippen LogP contribution in [0, 0.1) is 0 Å². The first-order valence-electron chi connectivity index (χ1n) is 7.28. The van der Waals surface area contributed by atoms with Gasteiger partial charge in [0.1, 0.15) is 0 Å². The number of hydrogen-bond acceptors (Lipinski definition) is 4. The number of nitrogens with zero attached hydrogens (tertiary/aromatic N) is 1. The Bertz CT molecular complexity index is 549. The molecule has 7 nitrogen and oxygen atoms in total. The summed E-state index contributed by atoms with van der Waals surface area (Å²) >= 11 is 0. The molecule has 1 aromatic carbocycles. The van der Waals surface area contributed by atoms with E-state index >= 15 is 0 Å². The maximum Gasteiger partial charge on any atom is 0.319 e. The van der Waals surface area contributed by atoms with Gasteiger partial charge in [-0.2, -0.15) is 0 Å². The van der Waals surface area contributed by atoms with Crippen LogP contribution in [0.1, 0.15) is 13.3 Å². The van der Waals surface area contributed by atoms with E-state index < -0.39 is 6.10 Å². The summed E-state index contributed by atoms with van der Waals surface area (Å²) in [5.41, 5.74) is 1.28. The van der Waals surface area contributed by atoms with Gasteiger partial charge >= 0.3 is 6.03 Å². The van der Waals surface area contributed by atoms with Crippen LogP contribution >= 0.6 is 0 Å². The highest BCUT2D eigenvalue weighted by Gasteiger charge is 2.24. The van der Waals surface area contributed by atoms with Crippen molar-refractivity contribution in [3.05, 3.63) is 24.3 Å². The van der Waals surface area contributed by atoms with Crippen molar-refractivity contribution in [1.82, 2.24) is 10.6 Å². The molecule has 1 heterocycles. The first-order valence-corrected chi connectivity index (χ1v) is 7.28. The van der Waals surface area contributed by atoms with E-state index in [1.165, 1.54) is 11.8 Å². The van der Waals surface area contributed by atoms with E-state index in [1.54, 1.807) is 31.3 Å². The Morgan fingerprint density at radius 2 is 2.18 bits per heavy atom. The third kappa shape index (κ3) is 4.19. The highest BCUT2D eigenvalue weighted by atomic mass is 16.3. The van der Waals surface area contributed by atoms with Crippen LogP contribution in [0.3, 0.4) is 0 Å². The predicted octanol–water partition coefficient (Wildman–Crippen LogP) is 0.514. The van der Waals surface area contributed by atoms with Crippen LogP contribution in [0.25, 0.3) is 0 Å². The molecule has 4 N–H and O–H groups in total. The van der Waals surface area contributed by atoms with Crippen molar-refractivity contribution >= 4 is 23.3 Å². The highest BCUT2D eigenvalue weighted by molar-refractivity contribution is 5.93. The van der Waals surface area contributed by atoms with Gasteiger partial charge in [-0.05, 0) is 31.2 Å². The number of carbonyl (C=O) groups excluding carboxylic acids is 2. The van der Waals surface area contributed by atoms with Crippen molar-refractivity contribution in [3.63, 3.8) is 0 Å². The number of hydrogen-bond donors (Lipinski definition) is 4. The van der Waals surface area contributed by atoms with Crippen LogP contribution < -0.4 is 20.9 Å². The molecule has 0 aromatic heterocycles. The minimum Gasteiger partial charge on any atom is -0.391 e. The fraction of sp³-hybridized carbons (Fsp3) is 0.467. The number of nitrogens with one attached hydrogen (secondary N) is 3. The maximum atomic E-state index is 12.0. The van der Waals surface area contributed by atoms with Gasteiger partial charge in [-0.15, -0.1) is 0 Å². The molecule has 2 atom stereocenters. The van der Waals surface area contributed by atoms with Crippen molar-refractivity contribution < 1.29 is 14.7 Å². The van der Waals surface area contributed by atoms with Crippen molar-refractivity contribution in [2.45, 2.75) is 25.5 Å². The predicted molar refractivity (Wildman–Crippen MR) is 85.0 cm³/mol. The Morgan fingerprint density at radius 1 is 1.41 bits per heavy atom. The molecule has 3 amide bonds. The van der Waals surface area contributed by atoms with Crippen LogP contribution in [0.4, 0.5) is 16.2 Å². The van der Waals surface area contributed by atoms with Crippen LogP contribution in [0.2, 0.25) is 0 Å². The summed E-state index contributed by atoms with van der Waals surface area (Å²) in [4.78, 5) is 24.9. The van der Waals surface area contributed by atoms with Gasteiger partial charge in [0.05, 0.1) is 12.1 Å². The molecular weight excluding hydrogens is 284 g/mol. The molecule has 22 heavy (non-hydrogen) atoms. The third-order valence-corrected chi connectivity index (χ3v) is 3.73. The Morgan fingerprint density at radius 3 is 2.86 bits per heavy atom. The molecule has 1 fully saturated rings. The van der Waals surface area contributed by atoms with Gasteiger partial charge in [0.15, 0.2) is 0 Å². The molecule has 2 unspecified atom stereocenters. The standard InChI is InChI=1S/C15H22N4O3/c1-10(20)19(2)12-5-3-4-11(8-12)17-15(22)18-13-9-16-7-6-14(13)21/h3-5,8,13-14,16,21H,6-7,9H2,1-2H3,(H2,17,18,22). The van der Waals surface area contributed by atoms with E-state index in [0.29, 0.717) is 24.3 Å². The maximum absolute atomic E-state index is 12.0. The van der Waals surface area contributed by atoms with Crippen LogP contribution in [0.15, 0.2) is 24.3 Å². The molecule has 2 rings (SSSR count). The lowest BCUT2D eigenvalue weighted by molar-refractivity contribution is -0.116. The Hall–Kier alpha value is -2.12. The van der Waals surface area contributed by atoms with Gasteiger partial charge in [-0.1, -0.05) is 6.07 Å². The van der Waals surface area contributed by atoms with E-state index in [2.05, 4.69) is 16.0 Å². The Kier molecular flexibility index (Phi) is 5.35. The molecule has 120 valence electrons. The fourth-order valence-electron chi connectivity index (χ4n) is 2.30. The highest BCUT2D eigenvalue weighted by Crippen LogP contribution is 2.18. The SMILES string of the molecule is CC(=O)N(C)c1cccc(NC(=O)NC2CNCCC2O)c1.